The Kier molecular flexibility index (Phi) is 11.4. The topological polar surface area (TPSA) is 57.2 Å². The lowest BCUT2D eigenvalue weighted by Gasteiger charge is -2.30. The van der Waals surface area contributed by atoms with Crippen LogP contribution >= 0.6 is 0 Å². The van der Waals surface area contributed by atoms with Crippen molar-refractivity contribution in [2.75, 3.05) is 32.9 Å². The molecule has 0 N–H and O–H groups in total. The van der Waals surface area contributed by atoms with Gasteiger partial charge in [0.2, 0.25) is 0 Å². The molecule has 0 aromatic rings. The maximum atomic E-state index is 10.5. The van der Waals surface area contributed by atoms with E-state index in [0.29, 0.717) is 6.42 Å². The first-order chi connectivity index (χ1) is 9.77. The standard InChI is InChI=1S/C16H35NO3S/c1-4-5-6-7-8-9-10-11-14-17(2,3)15-12-13-16-21(18,19)20/h4-16H2,1-3H3. The highest BCUT2D eigenvalue weighted by molar-refractivity contribution is 7.85. The van der Waals surface area contributed by atoms with Crippen LogP contribution in [0.1, 0.15) is 71.1 Å². The molecule has 0 radical (unpaired) electrons. The van der Waals surface area contributed by atoms with Gasteiger partial charge in [0.05, 0.1) is 37.3 Å². The highest BCUT2D eigenvalue weighted by Gasteiger charge is 2.13. The first-order valence-corrected chi connectivity index (χ1v) is 10.1. The minimum Gasteiger partial charge on any atom is -0.748 e. The molecule has 0 heterocycles. The van der Waals surface area contributed by atoms with Crippen LogP contribution in [0.3, 0.4) is 0 Å². The summed E-state index contributed by atoms with van der Waals surface area (Å²) < 4.78 is 32.5. The van der Waals surface area contributed by atoms with E-state index < -0.39 is 10.1 Å². The Morgan fingerprint density at radius 1 is 0.762 bits per heavy atom. The monoisotopic (exact) mass is 321 g/mol. The van der Waals surface area contributed by atoms with E-state index in [1.807, 2.05) is 0 Å². The van der Waals surface area contributed by atoms with Gasteiger partial charge in [0.15, 0.2) is 0 Å². The summed E-state index contributed by atoms with van der Waals surface area (Å²) in [5, 5.41) is 0. The Bertz CT molecular complexity index is 339. The van der Waals surface area contributed by atoms with E-state index >= 15 is 0 Å². The van der Waals surface area contributed by atoms with Gasteiger partial charge >= 0.3 is 0 Å². The Balaban J connectivity index is 3.50. The molecule has 0 saturated carbocycles. The first-order valence-electron chi connectivity index (χ1n) is 8.52. The molecule has 0 unspecified atom stereocenters. The lowest BCUT2D eigenvalue weighted by molar-refractivity contribution is -0.890. The molecule has 0 atom stereocenters. The van der Waals surface area contributed by atoms with Crippen LogP contribution in [0.15, 0.2) is 0 Å². The van der Waals surface area contributed by atoms with Crippen molar-refractivity contribution in [3.05, 3.63) is 0 Å². The summed E-state index contributed by atoms with van der Waals surface area (Å²) in [5.41, 5.74) is 0. The second kappa shape index (κ2) is 11.4. The fraction of sp³-hybridized carbons (Fsp3) is 1.00. The summed E-state index contributed by atoms with van der Waals surface area (Å²) in [6.07, 6.45) is 11.9. The second-order valence-electron chi connectivity index (χ2n) is 6.83. The zero-order valence-corrected chi connectivity index (χ0v) is 15.1. The molecule has 0 spiro atoms. The van der Waals surface area contributed by atoms with E-state index in [0.717, 1.165) is 24.0 Å². The zero-order valence-electron chi connectivity index (χ0n) is 14.3. The minimum absolute atomic E-state index is 0.218. The maximum Gasteiger partial charge on any atom is 0.0945 e. The normalized spacial score (nSPS) is 12.8. The van der Waals surface area contributed by atoms with Crippen LogP contribution in [-0.2, 0) is 10.1 Å². The summed E-state index contributed by atoms with van der Waals surface area (Å²) in [7, 11) is 0.342. The molecule has 21 heavy (non-hydrogen) atoms. The molecular weight excluding hydrogens is 286 g/mol. The summed E-state index contributed by atoms with van der Waals surface area (Å²) in [4.78, 5) is 0. The molecule has 0 aliphatic heterocycles. The summed E-state index contributed by atoms with van der Waals surface area (Å²) in [6.45, 7) is 4.33. The average Bonchev–Trinajstić information content (AvgIpc) is 2.37. The molecule has 0 aromatic carbocycles. The molecule has 0 saturated heterocycles. The molecule has 5 heteroatoms. The van der Waals surface area contributed by atoms with Crippen molar-refractivity contribution in [1.29, 1.82) is 0 Å². The molecule has 0 bridgehead atoms. The van der Waals surface area contributed by atoms with Crippen molar-refractivity contribution < 1.29 is 17.5 Å². The fourth-order valence-corrected chi connectivity index (χ4v) is 3.16. The van der Waals surface area contributed by atoms with Crippen LogP contribution < -0.4 is 0 Å². The molecular formula is C16H35NO3S. The van der Waals surface area contributed by atoms with Gasteiger partial charge in [-0.15, -0.1) is 0 Å². The predicted molar refractivity (Wildman–Crippen MR) is 88.3 cm³/mol. The lowest BCUT2D eigenvalue weighted by Crippen LogP contribution is -2.41. The van der Waals surface area contributed by atoms with Crippen LogP contribution in [0, 0.1) is 0 Å². The number of rotatable bonds is 14. The highest BCUT2D eigenvalue weighted by Crippen LogP contribution is 2.11. The zero-order chi connectivity index (χ0) is 16.2. The highest BCUT2D eigenvalue weighted by atomic mass is 32.2. The summed E-state index contributed by atoms with van der Waals surface area (Å²) in [6, 6.07) is 0. The van der Waals surface area contributed by atoms with Gasteiger partial charge in [-0.2, -0.15) is 0 Å². The average molecular weight is 322 g/mol. The predicted octanol–water partition coefficient (Wildman–Crippen LogP) is 3.53. The van der Waals surface area contributed by atoms with Crippen LogP contribution in [0.2, 0.25) is 0 Å². The van der Waals surface area contributed by atoms with Crippen molar-refractivity contribution >= 4 is 10.1 Å². The Labute approximate surface area is 132 Å². The van der Waals surface area contributed by atoms with Crippen LogP contribution in [0.4, 0.5) is 0 Å². The van der Waals surface area contributed by atoms with Crippen LogP contribution in [0.5, 0.6) is 0 Å². The van der Waals surface area contributed by atoms with Gasteiger partial charge in [0.25, 0.3) is 0 Å². The van der Waals surface area contributed by atoms with Gasteiger partial charge in [-0.05, 0) is 25.7 Å². The van der Waals surface area contributed by atoms with Gasteiger partial charge in [-0.3, -0.25) is 0 Å². The smallest absolute Gasteiger partial charge is 0.0945 e. The fourth-order valence-electron chi connectivity index (χ4n) is 2.60. The van der Waals surface area contributed by atoms with Gasteiger partial charge in [-0.25, -0.2) is 8.42 Å². The Hall–Kier alpha value is -0.130. The number of hydrogen-bond acceptors (Lipinski definition) is 3. The van der Waals surface area contributed by atoms with E-state index in [-0.39, 0.29) is 5.75 Å². The molecule has 0 fully saturated rings. The molecule has 0 amide bonds. The Morgan fingerprint density at radius 2 is 1.19 bits per heavy atom. The van der Waals surface area contributed by atoms with Gasteiger partial charge in [-0.1, -0.05) is 45.4 Å². The van der Waals surface area contributed by atoms with E-state index in [1.54, 1.807) is 0 Å². The van der Waals surface area contributed by atoms with Gasteiger partial charge < -0.3 is 9.04 Å². The van der Waals surface area contributed by atoms with Crippen LogP contribution in [0.25, 0.3) is 0 Å². The lowest BCUT2D eigenvalue weighted by atomic mass is 10.1. The number of unbranched alkanes of at least 4 members (excludes halogenated alkanes) is 8. The summed E-state index contributed by atoms with van der Waals surface area (Å²) in [5.74, 6) is -0.218. The Morgan fingerprint density at radius 3 is 1.67 bits per heavy atom. The van der Waals surface area contributed by atoms with Crippen molar-refractivity contribution in [3.8, 4) is 0 Å². The molecule has 0 aromatic heterocycles. The molecule has 0 aliphatic rings. The van der Waals surface area contributed by atoms with E-state index in [2.05, 4.69) is 21.0 Å². The van der Waals surface area contributed by atoms with E-state index in [1.165, 1.54) is 51.4 Å². The summed E-state index contributed by atoms with van der Waals surface area (Å²) >= 11 is 0. The molecule has 0 rings (SSSR count). The molecule has 128 valence electrons. The van der Waals surface area contributed by atoms with Crippen LogP contribution in [-0.4, -0.2) is 50.4 Å². The number of nitrogens with zero attached hydrogens (tertiary/aromatic N) is 1. The van der Waals surface area contributed by atoms with Crippen molar-refractivity contribution in [2.24, 2.45) is 0 Å². The van der Waals surface area contributed by atoms with Crippen molar-refractivity contribution in [2.45, 2.75) is 71.1 Å². The van der Waals surface area contributed by atoms with Gasteiger partial charge in [0, 0.05) is 5.75 Å². The first kappa shape index (κ1) is 20.9. The van der Waals surface area contributed by atoms with Gasteiger partial charge in [0.1, 0.15) is 0 Å². The molecule has 0 aliphatic carbocycles. The van der Waals surface area contributed by atoms with E-state index in [4.69, 9.17) is 0 Å². The molecule has 4 nitrogen and oxygen atoms in total. The van der Waals surface area contributed by atoms with E-state index in [9.17, 15) is 13.0 Å². The third-order valence-corrected chi connectivity index (χ3v) is 4.81. The largest absolute Gasteiger partial charge is 0.748 e. The SMILES string of the molecule is CCCCCCCCCC[N+](C)(C)CCCCS(=O)(=O)[O-]. The maximum absolute atomic E-state index is 10.5. The second-order valence-corrected chi connectivity index (χ2v) is 8.35. The quantitative estimate of drug-likeness (QED) is 0.279. The minimum atomic E-state index is -4.03. The van der Waals surface area contributed by atoms with Crippen molar-refractivity contribution in [3.63, 3.8) is 0 Å². The number of quaternary nitrogens is 1. The third kappa shape index (κ3) is 16.1. The van der Waals surface area contributed by atoms with Crippen molar-refractivity contribution in [1.82, 2.24) is 0 Å². The third-order valence-electron chi connectivity index (χ3n) is 4.02. The number of hydrogen-bond donors (Lipinski definition) is 0.